The Morgan fingerprint density at radius 1 is 1.02 bits per heavy atom. The van der Waals surface area contributed by atoms with Crippen molar-refractivity contribution in [3.8, 4) is 5.75 Å². The van der Waals surface area contributed by atoms with Crippen LogP contribution < -0.4 is 14.4 Å². The number of anilines is 1. The zero-order valence-electron chi connectivity index (χ0n) is 31.7. The van der Waals surface area contributed by atoms with Crippen molar-refractivity contribution in [2.75, 3.05) is 64.4 Å². The second-order valence-electron chi connectivity index (χ2n) is 17.1. The second-order valence-corrected chi connectivity index (χ2v) is 19.6. The van der Waals surface area contributed by atoms with Crippen LogP contribution in [0.3, 0.4) is 0 Å². The molecule has 1 amide bonds. The number of nitrogens with one attached hydrogen (secondary N) is 1. The normalized spacial score (nSPS) is 34.8. The third-order valence-electron chi connectivity index (χ3n) is 14.0. The number of benzene rings is 2. The number of hydrogen-bond acceptors (Lipinski definition) is 8. The van der Waals surface area contributed by atoms with Gasteiger partial charge in [-0.25, -0.2) is 13.1 Å². The Kier molecular flexibility index (Phi) is 10.4. The number of methoxy groups -OCH3 is 1. The molecule has 4 aliphatic heterocycles. The predicted octanol–water partition coefficient (Wildman–Crippen LogP) is 6.44. The molecular weight excluding hydrogens is 708 g/mol. The zero-order chi connectivity index (χ0) is 37.0. The van der Waals surface area contributed by atoms with Gasteiger partial charge in [0.2, 0.25) is 10.0 Å². The Bertz CT molecular complexity index is 1840. The lowest BCUT2D eigenvalue weighted by Crippen LogP contribution is -2.61. The highest BCUT2D eigenvalue weighted by Crippen LogP contribution is 2.49. The predicted molar refractivity (Wildman–Crippen MR) is 211 cm³/mol. The third-order valence-corrected chi connectivity index (χ3v) is 16.2. The molecule has 7 atom stereocenters. The van der Waals surface area contributed by atoms with Crippen LogP contribution in [0.4, 0.5) is 5.69 Å². The first kappa shape index (κ1) is 37.3. The van der Waals surface area contributed by atoms with E-state index in [-0.39, 0.29) is 17.3 Å². The number of hydrogen-bond donors (Lipinski definition) is 1. The van der Waals surface area contributed by atoms with Gasteiger partial charge in [-0.1, -0.05) is 43.2 Å². The van der Waals surface area contributed by atoms with E-state index in [0.717, 1.165) is 87.8 Å². The molecule has 3 fully saturated rings. The number of rotatable bonds is 3. The lowest BCUT2D eigenvalue weighted by molar-refractivity contribution is -0.100. The number of piperidine rings is 1. The summed E-state index contributed by atoms with van der Waals surface area (Å²) in [6.07, 6.45) is 14.1. The lowest BCUT2D eigenvalue weighted by atomic mass is 9.63. The number of piperazine rings is 1. The summed E-state index contributed by atoms with van der Waals surface area (Å²) in [6, 6.07) is 12.3. The maximum Gasteiger partial charge on any atom is 0.264 e. The van der Waals surface area contributed by atoms with Gasteiger partial charge in [-0.15, -0.1) is 0 Å². The summed E-state index contributed by atoms with van der Waals surface area (Å²) < 4.78 is 43.2. The standard InChI is InChI=1S/C42H57ClN4O5S/c1-29-8-6-18-42(51-3,27-45-20-21-46-19-5-4-10-35(46)25-45)37-14-11-33(37)24-47-26-41(17-7-9-31-22-34(43)13-15-36(31)41)28-52-39-16-12-32(23-38(39)47)40(48)44-53(49,50)30(29)2/h6,12-13,15-16,18,22-23,29-30,33,35,37H,4-5,7-11,14,17,19-21,24-28H2,1-3H3,(H,44,48)/t29-,30+,33-,35+,37+,41-,42-/m0/s1. The van der Waals surface area contributed by atoms with Crippen molar-refractivity contribution >= 4 is 33.2 Å². The molecule has 2 aromatic rings. The van der Waals surface area contributed by atoms with Gasteiger partial charge < -0.3 is 14.4 Å². The summed E-state index contributed by atoms with van der Waals surface area (Å²) in [5.74, 6) is 0.551. The minimum absolute atomic E-state index is 0.206. The molecule has 2 aliphatic carbocycles. The van der Waals surface area contributed by atoms with Crippen molar-refractivity contribution in [1.29, 1.82) is 0 Å². The number of nitrogens with zero attached hydrogens (tertiary/aromatic N) is 3. The van der Waals surface area contributed by atoms with E-state index in [1.165, 1.54) is 36.9 Å². The van der Waals surface area contributed by atoms with Crippen LogP contribution in [0.5, 0.6) is 5.75 Å². The molecule has 2 aromatic carbocycles. The number of fused-ring (bicyclic) bond motifs is 5. The number of carbonyl (C=O) groups is 1. The smallest absolute Gasteiger partial charge is 0.264 e. The van der Waals surface area contributed by atoms with E-state index in [9.17, 15) is 13.2 Å². The van der Waals surface area contributed by atoms with E-state index in [2.05, 4.69) is 43.7 Å². The first-order valence-electron chi connectivity index (χ1n) is 20.1. The highest BCUT2D eigenvalue weighted by Gasteiger charge is 2.50. The van der Waals surface area contributed by atoms with E-state index < -0.39 is 26.8 Å². The number of aryl methyl sites for hydroxylation is 1. The number of allylic oxidation sites excluding steroid dienone is 1. The molecule has 1 spiro atoms. The van der Waals surface area contributed by atoms with Crippen LogP contribution in [0.25, 0.3) is 0 Å². The van der Waals surface area contributed by atoms with E-state index >= 15 is 0 Å². The molecule has 2 bridgehead atoms. The van der Waals surface area contributed by atoms with Gasteiger partial charge in [0.1, 0.15) is 11.4 Å². The van der Waals surface area contributed by atoms with Crippen LogP contribution in [0.2, 0.25) is 5.02 Å². The molecule has 53 heavy (non-hydrogen) atoms. The van der Waals surface area contributed by atoms with Crippen LogP contribution in [-0.4, -0.2) is 101 Å². The van der Waals surface area contributed by atoms with Crippen molar-refractivity contribution in [3.05, 3.63) is 70.3 Å². The molecule has 0 unspecified atom stereocenters. The first-order valence-corrected chi connectivity index (χ1v) is 22.0. The Hall–Kier alpha value is -2.63. The van der Waals surface area contributed by atoms with Gasteiger partial charge in [-0.05, 0) is 124 Å². The Balaban J connectivity index is 1.19. The number of carbonyl (C=O) groups excluding carboxylic acids is 1. The highest BCUT2D eigenvalue weighted by molar-refractivity contribution is 7.90. The van der Waals surface area contributed by atoms with Crippen LogP contribution in [-0.2, 0) is 26.6 Å². The number of sulfonamides is 1. The van der Waals surface area contributed by atoms with Crippen LogP contribution >= 0.6 is 11.6 Å². The van der Waals surface area contributed by atoms with Crippen molar-refractivity contribution in [2.24, 2.45) is 17.8 Å². The summed E-state index contributed by atoms with van der Waals surface area (Å²) in [5.41, 5.74) is 2.97. The minimum Gasteiger partial charge on any atom is -0.490 e. The van der Waals surface area contributed by atoms with E-state index in [0.29, 0.717) is 30.6 Å². The van der Waals surface area contributed by atoms with Crippen molar-refractivity contribution in [1.82, 2.24) is 14.5 Å². The van der Waals surface area contributed by atoms with E-state index in [1.54, 1.807) is 13.0 Å². The summed E-state index contributed by atoms with van der Waals surface area (Å²) in [7, 11) is -2.07. The van der Waals surface area contributed by atoms with Crippen molar-refractivity contribution in [2.45, 2.75) is 93.9 Å². The SMILES string of the molecule is CO[C@]1(CN2CCN3CCCC[C@@H]3C2)C=CC[C@H](C)[C@@H](C)S(=O)(=O)NC(=O)c2ccc3c(c2)N(C[C@@H]2CC[C@H]21)C[C@@]1(CCCc2cc(Cl)ccc21)CO3. The average Bonchev–Trinajstić information content (AvgIpc) is 3.28. The number of halogens is 1. The van der Waals surface area contributed by atoms with Gasteiger partial charge in [-0.3, -0.25) is 14.6 Å². The maximum atomic E-state index is 13.7. The largest absolute Gasteiger partial charge is 0.490 e. The fraction of sp³-hybridized carbons (Fsp3) is 0.643. The second kappa shape index (κ2) is 14.8. The molecule has 6 aliphatic rings. The monoisotopic (exact) mass is 764 g/mol. The van der Waals surface area contributed by atoms with Crippen molar-refractivity contribution < 1.29 is 22.7 Å². The first-order chi connectivity index (χ1) is 25.5. The maximum absolute atomic E-state index is 13.7. The molecule has 0 radical (unpaired) electrons. The zero-order valence-corrected chi connectivity index (χ0v) is 33.3. The fourth-order valence-electron chi connectivity index (χ4n) is 10.5. The molecular formula is C42H57ClN4O5S. The molecule has 288 valence electrons. The fourth-order valence-corrected chi connectivity index (χ4v) is 12.0. The molecule has 8 rings (SSSR count). The van der Waals surface area contributed by atoms with Crippen LogP contribution in [0.15, 0.2) is 48.6 Å². The van der Waals surface area contributed by atoms with Gasteiger partial charge in [0.15, 0.2) is 0 Å². The van der Waals surface area contributed by atoms with E-state index in [4.69, 9.17) is 21.1 Å². The lowest BCUT2D eigenvalue weighted by Gasteiger charge is -2.53. The summed E-state index contributed by atoms with van der Waals surface area (Å²) >= 11 is 6.51. The van der Waals surface area contributed by atoms with Crippen LogP contribution in [0, 0.1) is 17.8 Å². The average molecular weight is 765 g/mol. The number of ether oxygens (including phenoxy) is 2. The Labute approximate surface area is 321 Å². The number of amides is 1. The molecule has 2 saturated heterocycles. The van der Waals surface area contributed by atoms with Crippen LogP contribution in [0.1, 0.15) is 86.7 Å². The molecule has 11 heteroatoms. The van der Waals surface area contributed by atoms with Gasteiger partial charge in [-0.2, -0.15) is 0 Å². The quantitative estimate of drug-likeness (QED) is 0.358. The van der Waals surface area contributed by atoms with Gasteiger partial charge >= 0.3 is 0 Å². The topological polar surface area (TPSA) is 91.4 Å². The van der Waals surface area contributed by atoms with Gasteiger partial charge in [0.05, 0.1) is 17.5 Å². The third kappa shape index (κ3) is 7.16. The summed E-state index contributed by atoms with van der Waals surface area (Å²) in [6.45, 7) is 10.9. The Morgan fingerprint density at radius 2 is 1.89 bits per heavy atom. The molecule has 4 heterocycles. The van der Waals surface area contributed by atoms with E-state index in [1.807, 2.05) is 32.2 Å². The van der Waals surface area contributed by atoms with Gasteiger partial charge in [0, 0.05) is 68.4 Å². The van der Waals surface area contributed by atoms with Gasteiger partial charge in [0.25, 0.3) is 5.91 Å². The molecule has 9 nitrogen and oxygen atoms in total. The van der Waals surface area contributed by atoms with Crippen molar-refractivity contribution in [3.63, 3.8) is 0 Å². The molecule has 1 N–H and O–H groups in total. The summed E-state index contributed by atoms with van der Waals surface area (Å²) in [4.78, 5) is 21.4. The highest BCUT2D eigenvalue weighted by atomic mass is 35.5. The summed E-state index contributed by atoms with van der Waals surface area (Å²) in [5, 5.41) is -0.0127. The minimum atomic E-state index is -3.95. The Morgan fingerprint density at radius 3 is 2.70 bits per heavy atom. The molecule has 1 saturated carbocycles. The molecule has 0 aromatic heterocycles.